The Balaban J connectivity index is 2.17. The van der Waals surface area contributed by atoms with Gasteiger partial charge < -0.3 is 24.4 Å². The molecule has 2 rings (SSSR count). The van der Waals surface area contributed by atoms with Crippen LogP contribution in [0.2, 0.25) is 0 Å². The van der Waals surface area contributed by atoms with E-state index in [2.05, 4.69) is 14.9 Å². The van der Waals surface area contributed by atoms with Gasteiger partial charge in [0.05, 0.1) is 17.6 Å². The minimum atomic E-state index is -0.149. The van der Waals surface area contributed by atoms with Crippen molar-refractivity contribution in [1.82, 2.24) is 24.7 Å². The van der Waals surface area contributed by atoms with Crippen LogP contribution < -0.4 is 5.32 Å². The molecule has 2 aromatic rings. The molecule has 0 radical (unpaired) electrons. The van der Waals surface area contributed by atoms with Crippen molar-refractivity contribution >= 4 is 23.0 Å². The molecule has 0 unspecified atom stereocenters. The van der Waals surface area contributed by atoms with Crippen molar-refractivity contribution in [2.45, 2.75) is 26.4 Å². The molecule has 8 heteroatoms. The van der Waals surface area contributed by atoms with Crippen molar-refractivity contribution in [1.29, 1.82) is 0 Å². The second kappa shape index (κ2) is 9.36. The SMILES string of the molecule is CCn1c(CN(C)C(=O)NCCCOC)nc2cc(C(=O)N(C)C)ccc21. The van der Waals surface area contributed by atoms with Gasteiger partial charge in [-0.15, -0.1) is 0 Å². The van der Waals surface area contributed by atoms with E-state index in [1.807, 2.05) is 19.1 Å². The number of nitrogens with zero attached hydrogens (tertiary/aromatic N) is 4. The Kier molecular flexibility index (Phi) is 7.18. The normalized spacial score (nSPS) is 10.9. The summed E-state index contributed by atoms with van der Waals surface area (Å²) < 4.78 is 7.04. The van der Waals surface area contributed by atoms with E-state index in [1.165, 1.54) is 0 Å². The summed E-state index contributed by atoms with van der Waals surface area (Å²) in [4.78, 5) is 32.2. The Morgan fingerprint density at radius 1 is 1.26 bits per heavy atom. The van der Waals surface area contributed by atoms with E-state index >= 15 is 0 Å². The largest absolute Gasteiger partial charge is 0.385 e. The van der Waals surface area contributed by atoms with Crippen molar-refractivity contribution < 1.29 is 14.3 Å². The lowest BCUT2D eigenvalue weighted by molar-refractivity contribution is 0.0827. The van der Waals surface area contributed by atoms with Gasteiger partial charge in [-0.05, 0) is 31.5 Å². The molecule has 1 aromatic carbocycles. The van der Waals surface area contributed by atoms with Gasteiger partial charge in [-0.3, -0.25) is 4.79 Å². The number of fused-ring (bicyclic) bond motifs is 1. The van der Waals surface area contributed by atoms with Crippen LogP contribution in [0, 0.1) is 0 Å². The van der Waals surface area contributed by atoms with Gasteiger partial charge in [0.15, 0.2) is 0 Å². The number of nitrogens with one attached hydrogen (secondary N) is 1. The van der Waals surface area contributed by atoms with Crippen LogP contribution in [-0.2, 0) is 17.8 Å². The van der Waals surface area contributed by atoms with E-state index in [0.717, 1.165) is 29.8 Å². The lowest BCUT2D eigenvalue weighted by Gasteiger charge is -2.18. The molecule has 0 fully saturated rings. The van der Waals surface area contributed by atoms with Gasteiger partial charge >= 0.3 is 6.03 Å². The summed E-state index contributed by atoms with van der Waals surface area (Å²) in [5, 5.41) is 2.87. The number of aromatic nitrogens is 2. The van der Waals surface area contributed by atoms with Gasteiger partial charge in [-0.1, -0.05) is 0 Å². The maximum absolute atomic E-state index is 12.2. The third kappa shape index (κ3) is 4.97. The second-order valence-corrected chi connectivity index (χ2v) is 6.61. The Bertz CT molecular complexity index is 800. The van der Waals surface area contributed by atoms with Crippen molar-refractivity contribution in [3.63, 3.8) is 0 Å². The highest BCUT2D eigenvalue weighted by atomic mass is 16.5. The molecule has 1 N–H and O–H groups in total. The quantitative estimate of drug-likeness (QED) is 0.715. The summed E-state index contributed by atoms with van der Waals surface area (Å²) in [6.07, 6.45) is 0.770. The zero-order valence-electron chi connectivity index (χ0n) is 16.8. The second-order valence-electron chi connectivity index (χ2n) is 6.61. The predicted molar refractivity (Wildman–Crippen MR) is 105 cm³/mol. The van der Waals surface area contributed by atoms with Gasteiger partial charge in [0.2, 0.25) is 0 Å². The molecular weight excluding hydrogens is 346 g/mol. The number of imidazole rings is 1. The topological polar surface area (TPSA) is 79.7 Å². The van der Waals surface area contributed by atoms with Crippen molar-refractivity contribution in [3.05, 3.63) is 29.6 Å². The Hall–Kier alpha value is -2.61. The van der Waals surface area contributed by atoms with Crippen LogP contribution in [0.4, 0.5) is 4.79 Å². The number of carbonyl (C=O) groups is 2. The Morgan fingerprint density at radius 3 is 2.63 bits per heavy atom. The van der Waals surface area contributed by atoms with Gasteiger partial charge in [-0.2, -0.15) is 0 Å². The fourth-order valence-electron chi connectivity index (χ4n) is 2.88. The van der Waals surface area contributed by atoms with Gasteiger partial charge in [0, 0.05) is 53.5 Å². The van der Waals surface area contributed by atoms with Crippen LogP contribution in [-0.4, -0.2) is 72.7 Å². The van der Waals surface area contributed by atoms with Crippen LogP contribution >= 0.6 is 0 Å². The zero-order chi connectivity index (χ0) is 20.0. The first-order valence-corrected chi connectivity index (χ1v) is 9.07. The molecule has 0 aliphatic heterocycles. The van der Waals surface area contributed by atoms with Crippen molar-refractivity contribution in [3.8, 4) is 0 Å². The third-order valence-corrected chi connectivity index (χ3v) is 4.32. The third-order valence-electron chi connectivity index (χ3n) is 4.32. The molecule has 0 aliphatic rings. The number of rotatable bonds is 8. The minimum absolute atomic E-state index is 0.0583. The molecule has 1 heterocycles. The predicted octanol–water partition coefficient (Wildman–Crippen LogP) is 1.94. The molecule has 148 valence electrons. The molecule has 8 nitrogen and oxygen atoms in total. The molecule has 0 saturated heterocycles. The number of carbonyl (C=O) groups excluding carboxylic acids is 2. The van der Waals surface area contributed by atoms with Gasteiger partial charge in [0.1, 0.15) is 5.82 Å². The number of benzene rings is 1. The van der Waals surface area contributed by atoms with E-state index < -0.39 is 0 Å². The average Bonchev–Trinajstić information content (AvgIpc) is 3.00. The minimum Gasteiger partial charge on any atom is -0.385 e. The molecule has 0 aliphatic carbocycles. The summed E-state index contributed by atoms with van der Waals surface area (Å²) >= 11 is 0. The van der Waals surface area contributed by atoms with Crippen molar-refractivity contribution in [2.24, 2.45) is 0 Å². The fraction of sp³-hybridized carbons (Fsp3) is 0.526. The molecule has 0 saturated carbocycles. The van der Waals surface area contributed by atoms with Crippen LogP contribution in [0.5, 0.6) is 0 Å². The smallest absolute Gasteiger partial charge is 0.317 e. The average molecular weight is 375 g/mol. The number of amides is 3. The molecule has 27 heavy (non-hydrogen) atoms. The molecular formula is C19H29N5O3. The number of methoxy groups -OCH3 is 1. The number of urea groups is 1. The summed E-state index contributed by atoms with van der Waals surface area (Å²) in [6.45, 7) is 4.33. The number of hydrogen-bond acceptors (Lipinski definition) is 4. The van der Waals surface area contributed by atoms with E-state index in [1.54, 1.807) is 44.1 Å². The highest BCUT2D eigenvalue weighted by Crippen LogP contribution is 2.19. The number of aryl methyl sites for hydroxylation is 1. The fourth-order valence-corrected chi connectivity index (χ4v) is 2.88. The first kappa shape index (κ1) is 20.7. The van der Waals surface area contributed by atoms with Crippen LogP contribution in [0.3, 0.4) is 0 Å². The highest BCUT2D eigenvalue weighted by molar-refractivity contribution is 5.97. The first-order valence-electron chi connectivity index (χ1n) is 9.07. The maximum atomic E-state index is 12.2. The van der Waals surface area contributed by atoms with Crippen LogP contribution in [0.25, 0.3) is 11.0 Å². The van der Waals surface area contributed by atoms with Gasteiger partial charge in [0.25, 0.3) is 5.91 Å². The van der Waals surface area contributed by atoms with E-state index in [9.17, 15) is 9.59 Å². The van der Waals surface area contributed by atoms with Crippen LogP contribution in [0.1, 0.15) is 29.5 Å². The van der Waals surface area contributed by atoms with E-state index in [0.29, 0.717) is 25.3 Å². The first-order chi connectivity index (χ1) is 12.9. The molecule has 3 amide bonds. The highest BCUT2D eigenvalue weighted by Gasteiger charge is 2.16. The molecule has 1 aromatic heterocycles. The summed E-state index contributed by atoms with van der Waals surface area (Å²) in [6, 6.07) is 5.38. The van der Waals surface area contributed by atoms with Crippen LogP contribution in [0.15, 0.2) is 18.2 Å². The molecule has 0 spiro atoms. The lowest BCUT2D eigenvalue weighted by atomic mass is 10.2. The zero-order valence-corrected chi connectivity index (χ0v) is 16.8. The Labute approximate surface area is 160 Å². The maximum Gasteiger partial charge on any atom is 0.317 e. The summed E-state index contributed by atoms with van der Waals surface area (Å²) in [5.41, 5.74) is 2.31. The summed E-state index contributed by atoms with van der Waals surface area (Å²) in [5.74, 6) is 0.730. The Morgan fingerprint density at radius 2 is 2.00 bits per heavy atom. The summed E-state index contributed by atoms with van der Waals surface area (Å²) in [7, 11) is 6.83. The lowest BCUT2D eigenvalue weighted by Crippen LogP contribution is -2.38. The van der Waals surface area contributed by atoms with Crippen molar-refractivity contribution in [2.75, 3.05) is 41.4 Å². The van der Waals surface area contributed by atoms with E-state index in [-0.39, 0.29) is 11.9 Å². The number of ether oxygens (including phenoxy) is 1. The monoisotopic (exact) mass is 375 g/mol. The number of hydrogen-bond donors (Lipinski definition) is 1. The van der Waals surface area contributed by atoms with Gasteiger partial charge in [-0.25, -0.2) is 9.78 Å². The molecule has 0 bridgehead atoms. The molecule has 0 atom stereocenters. The van der Waals surface area contributed by atoms with E-state index in [4.69, 9.17) is 4.74 Å². The standard InChI is InChI=1S/C19H29N5O3/c1-6-24-16-9-8-14(18(25)22(2)3)12-15(16)21-17(24)13-23(4)19(26)20-10-7-11-27-5/h8-9,12H,6-7,10-11,13H2,1-5H3,(H,20,26).